The van der Waals surface area contributed by atoms with E-state index in [9.17, 15) is 18.4 Å². The Hall–Kier alpha value is -3.55. The minimum atomic E-state index is -0.763. The lowest BCUT2D eigenvalue weighted by Crippen LogP contribution is -2.32. The number of nitrogens with zero attached hydrogens (tertiary/aromatic N) is 2. The van der Waals surface area contributed by atoms with Gasteiger partial charge >= 0.3 is 11.2 Å². The van der Waals surface area contributed by atoms with Gasteiger partial charge in [-0.15, -0.1) is 4.68 Å². The molecule has 4 rings (SSSR count). The molecule has 0 amide bonds. The van der Waals surface area contributed by atoms with Crippen molar-refractivity contribution < 1.29 is 8.78 Å². The number of hydrogen-bond donors (Lipinski definition) is 2. The Labute approximate surface area is 138 Å². The number of H-pyrrole nitrogens is 2. The summed E-state index contributed by atoms with van der Waals surface area (Å²) >= 11 is 0. The van der Waals surface area contributed by atoms with Crippen LogP contribution in [0.2, 0.25) is 0 Å². The summed E-state index contributed by atoms with van der Waals surface area (Å²) in [4.78, 5) is 30.1. The molecule has 0 aliphatic rings. The maximum atomic E-state index is 13.4. The molecule has 4 aromatic rings. The van der Waals surface area contributed by atoms with Gasteiger partial charge in [0.15, 0.2) is 0 Å². The average Bonchev–Trinajstić information content (AvgIpc) is 2.94. The van der Waals surface area contributed by atoms with E-state index in [2.05, 4.69) is 15.1 Å². The standard InChI is InChI=1S/C17H10F2N4O2/c18-10-3-1-9(2-4-10)8-20-23-16(24)15-14(22-17(23)25)12-7-11(19)5-6-13(12)21-15/h1-8,21H,(H,22,25)/b20-8+. The fourth-order valence-corrected chi connectivity index (χ4v) is 2.59. The van der Waals surface area contributed by atoms with Gasteiger partial charge in [-0.05, 0) is 35.9 Å². The second-order valence-electron chi connectivity index (χ2n) is 5.41. The number of aromatic nitrogens is 3. The first-order chi connectivity index (χ1) is 12.0. The highest BCUT2D eigenvalue weighted by Gasteiger charge is 2.13. The Morgan fingerprint density at radius 1 is 0.920 bits per heavy atom. The van der Waals surface area contributed by atoms with Gasteiger partial charge in [-0.1, -0.05) is 12.1 Å². The van der Waals surface area contributed by atoms with E-state index >= 15 is 0 Å². The fourth-order valence-electron chi connectivity index (χ4n) is 2.59. The van der Waals surface area contributed by atoms with Gasteiger partial charge in [0, 0.05) is 10.9 Å². The second kappa shape index (κ2) is 5.52. The minimum absolute atomic E-state index is 0.108. The van der Waals surface area contributed by atoms with Crippen molar-refractivity contribution in [3.63, 3.8) is 0 Å². The number of nitrogens with one attached hydrogen (secondary N) is 2. The molecule has 0 unspecified atom stereocenters. The minimum Gasteiger partial charge on any atom is -0.349 e. The molecule has 124 valence electrons. The summed E-state index contributed by atoms with van der Waals surface area (Å²) in [5.41, 5.74) is -0.0696. The first kappa shape index (κ1) is 15.0. The van der Waals surface area contributed by atoms with Crippen LogP contribution in [0, 0.1) is 11.6 Å². The first-order valence-corrected chi connectivity index (χ1v) is 7.29. The van der Waals surface area contributed by atoms with E-state index in [1.165, 1.54) is 48.7 Å². The van der Waals surface area contributed by atoms with Crippen molar-refractivity contribution in [2.24, 2.45) is 5.10 Å². The van der Waals surface area contributed by atoms with Gasteiger partial charge in [-0.25, -0.2) is 13.6 Å². The topological polar surface area (TPSA) is 83.0 Å². The van der Waals surface area contributed by atoms with Crippen molar-refractivity contribution in [1.82, 2.24) is 14.6 Å². The summed E-state index contributed by atoms with van der Waals surface area (Å²) in [6, 6.07) is 9.36. The van der Waals surface area contributed by atoms with Gasteiger partial charge < -0.3 is 9.97 Å². The zero-order valence-electron chi connectivity index (χ0n) is 12.6. The van der Waals surface area contributed by atoms with Crippen LogP contribution < -0.4 is 11.2 Å². The van der Waals surface area contributed by atoms with Crippen LogP contribution >= 0.6 is 0 Å². The van der Waals surface area contributed by atoms with E-state index in [1.54, 1.807) is 0 Å². The third-order valence-corrected chi connectivity index (χ3v) is 3.78. The van der Waals surface area contributed by atoms with E-state index < -0.39 is 22.9 Å². The van der Waals surface area contributed by atoms with Crippen molar-refractivity contribution in [1.29, 1.82) is 0 Å². The van der Waals surface area contributed by atoms with Crippen molar-refractivity contribution in [3.8, 4) is 0 Å². The molecule has 0 radical (unpaired) electrons. The fraction of sp³-hybridized carbons (Fsp3) is 0. The maximum Gasteiger partial charge on any atom is 0.350 e. The van der Waals surface area contributed by atoms with Gasteiger partial charge in [-0.3, -0.25) is 4.79 Å². The van der Waals surface area contributed by atoms with Crippen molar-refractivity contribution in [2.75, 3.05) is 0 Å². The van der Waals surface area contributed by atoms with Gasteiger partial charge in [0.1, 0.15) is 17.2 Å². The maximum absolute atomic E-state index is 13.4. The van der Waals surface area contributed by atoms with Crippen LogP contribution in [0.4, 0.5) is 8.78 Å². The molecule has 0 aliphatic carbocycles. The Bertz CT molecular complexity index is 1250. The van der Waals surface area contributed by atoms with Gasteiger partial charge in [0.05, 0.1) is 11.7 Å². The van der Waals surface area contributed by atoms with Crippen LogP contribution in [0.25, 0.3) is 21.9 Å². The molecule has 0 saturated carbocycles. The predicted octanol–water partition coefficient (Wildman–Crippen LogP) is 2.33. The Kier molecular flexibility index (Phi) is 3.31. The quantitative estimate of drug-likeness (QED) is 0.549. The normalized spacial score (nSPS) is 11.8. The summed E-state index contributed by atoms with van der Waals surface area (Å²) in [5.74, 6) is -0.883. The predicted molar refractivity (Wildman–Crippen MR) is 90.0 cm³/mol. The number of halogens is 2. The summed E-state index contributed by atoms with van der Waals surface area (Å²) in [6.45, 7) is 0. The third kappa shape index (κ3) is 2.53. The molecule has 2 aromatic carbocycles. The molecule has 0 aliphatic heterocycles. The van der Waals surface area contributed by atoms with Gasteiger partial charge in [-0.2, -0.15) is 5.10 Å². The molecular weight excluding hydrogens is 330 g/mol. The number of rotatable bonds is 2. The Morgan fingerprint density at radius 2 is 1.64 bits per heavy atom. The van der Waals surface area contributed by atoms with E-state index in [4.69, 9.17) is 0 Å². The zero-order valence-corrected chi connectivity index (χ0v) is 12.6. The Balaban J connectivity index is 1.90. The molecule has 8 heteroatoms. The molecule has 0 bridgehead atoms. The van der Waals surface area contributed by atoms with Crippen LogP contribution in [-0.2, 0) is 0 Å². The molecule has 2 heterocycles. The molecular formula is C17H10F2N4O2. The highest BCUT2D eigenvalue weighted by atomic mass is 19.1. The van der Waals surface area contributed by atoms with Crippen LogP contribution in [0.15, 0.2) is 57.2 Å². The van der Waals surface area contributed by atoms with E-state index in [0.29, 0.717) is 21.1 Å². The highest BCUT2D eigenvalue weighted by Crippen LogP contribution is 2.21. The molecule has 2 aromatic heterocycles. The first-order valence-electron chi connectivity index (χ1n) is 7.29. The smallest absolute Gasteiger partial charge is 0.349 e. The van der Waals surface area contributed by atoms with Crippen LogP contribution in [0.3, 0.4) is 0 Å². The van der Waals surface area contributed by atoms with Crippen molar-refractivity contribution in [3.05, 3.63) is 80.5 Å². The number of benzene rings is 2. The highest BCUT2D eigenvalue weighted by molar-refractivity contribution is 6.04. The van der Waals surface area contributed by atoms with Crippen LogP contribution in [0.1, 0.15) is 5.56 Å². The number of hydrogen-bond acceptors (Lipinski definition) is 3. The third-order valence-electron chi connectivity index (χ3n) is 3.78. The lowest BCUT2D eigenvalue weighted by molar-refractivity contribution is 0.627. The zero-order chi connectivity index (χ0) is 17.6. The molecule has 0 spiro atoms. The molecule has 25 heavy (non-hydrogen) atoms. The van der Waals surface area contributed by atoms with Crippen LogP contribution in [-0.4, -0.2) is 20.9 Å². The van der Waals surface area contributed by atoms with E-state index in [0.717, 1.165) is 0 Å². The second-order valence-corrected chi connectivity index (χ2v) is 5.41. The van der Waals surface area contributed by atoms with Crippen LogP contribution in [0.5, 0.6) is 0 Å². The monoisotopic (exact) mass is 340 g/mol. The molecule has 2 N–H and O–H groups in total. The van der Waals surface area contributed by atoms with E-state index in [1.807, 2.05) is 0 Å². The average molecular weight is 340 g/mol. The summed E-state index contributed by atoms with van der Waals surface area (Å²) in [5, 5.41) is 4.26. The Morgan fingerprint density at radius 3 is 2.40 bits per heavy atom. The molecule has 0 fully saturated rings. The molecule has 0 saturated heterocycles. The van der Waals surface area contributed by atoms with Gasteiger partial charge in [0.2, 0.25) is 0 Å². The van der Waals surface area contributed by atoms with Crippen molar-refractivity contribution in [2.45, 2.75) is 0 Å². The van der Waals surface area contributed by atoms with Crippen molar-refractivity contribution >= 4 is 28.2 Å². The molecule has 0 atom stereocenters. The lowest BCUT2D eigenvalue weighted by Gasteiger charge is -1.98. The largest absolute Gasteiger partial charge is 0.350 e. The van der Waals surface area contributed by atoms with E-state index in [-0.39, 0.29) is 11.0 Å². The van der Waals surface area contributed by atoms with Gasteiger partial charge in [0.25, 0.3) is 0 Å². The number of aromatic amines is 2. The number of fused-ring (bicyclic) bond motifs is 3. The summed E-state index contributed by atoms with van der Waals surface area (Å²) in [6.07, 6.45) is 1.27. The molecule has 6 nitrogen and oxygen atoms in total. The summed E-state index contributed by atoms with van der Waals surface area (Å²) < 4.78 is 27.0. The lowest BCUT2D eigenvalue weighted by atomic mass is 10.2. The summed E-state index contributed by atoms with van der Waals surface area (Å²) in [7, 11) is 0. The SMILES string of the molecule is O=c1[nH]c2c([nH]c3ccc(F)cc32)c(=O)n1/N=C/c1ccc(F)cc1.